The lowest BCUT2D eigenvalue weighted by Gasteiger charge is -2.33. The van der Waals surface area contributed by atoms with E-state index < -0.39 is 0 Å². The molecule has 1 unspecified atom stereocenters. The number of piperazine rings is 1. The molecule has 10 heteroatoms. The Morgan fingerprint density at radius 3 is 2.68 bits per heavy atom. The van der Waals surface area contributed by atoms with Gasteiger partial charge in [0.2, 0.25) is 17.6 Å². The number of likely N-dealkylation sites (tertiary alicyclic amines) is 1. The summed E-state index contributed by atoms with van der Waals surface area (Å²) >= 11 is 0. The first-order valence-electron chi connectivity index (χ1n) is 12.0. The molecule has 10 nitrogen and oxygen atoms in total. The largest absolute Gasteiger partial charge is 0.493 e. The van der Waals surface area contributed by atoms with Crippen LogP contribution in [0, 0.1) is 5.92 Å². The molecular weight excluding hydrogens is 436 g/mol. The number of methoxy groups -OCH3 is 2. The van der Waals surface area contributed by atoms with Crippen molar-refractivity contribution < 1.29 is 18.8 Å². The van der Waals surface area contributed by atoms with E-state index in [1.54, 1.807) is 14.2 Å². The molecule has 0 aliphatic carbocycles. The zero-order valence-corrected chi connectivity index (χ0v) is 20.5. The van der Waals surface area contributed by atoms with Gasteiger partial charge in [0.05, 0.1) is 26.7 Å². The standard InChI is InChI=1S/C24H36N6O4/c1-28-11-13-29(14-12-28)10-8-25-24(31)19-5-4-9-30(16-19)17-22-26-23(27-34-22)18-6-7-20(32-2)21(15-18)33-3/h6-7,15,19H,4-5,8-14,16-17H2,1-3H3,(H,25,31). The first kappa shape index (κ1) is 24.4. The summed E-state index contributed by atoms with van der Waals surface area (Å²) in [5.41, 5.74) is 0.795. The van der Waals surface area contributed by atoms with E-state index in [1.165, 1.54) is 0 Å². The van der Waals surface area contributed by atoms with Crippen molar-refractivity contribution in [3.05, 3.63) is 24.1 Å². The van der Waals surface area contributed by atoms with E-state index in [2.05, 4.69) is 37.2 Å². The number of ether oxygens (including phenoxy) is 2. The number of likely N-dealkylation sites (N-methyl/N-ethyl adjacent to an activating group) is 1. The Kier molecular flexibility index (Phi) is 8.36. The summed E-state index contributed by atoms with van der Waals surface area (Å²) in [6.45, 7) is 8.09. The average molecular weight is 473 g/mol. The number of nitrogens with one attached hydrogen (secondary N) is 1. The summed E-state index contributed by atoms with van der Waals surface area (Å²) in [5.74, 6) is 2.46. The number of carbonyl (C=O) groups is 1. The summed E-state index contributed by atoms with van der Waals surface area (Å²) < 4.78 is 16.2. The number of carbonyl (C=O) groups excluding carboxylic acids is 1. The van der Waals surface area contributed by atoms with Gasteiger partial charge in [-0.2, -0.15) is 4.98 Å². The van der Waals surface area contributed by atoms with Crippen LogP contribution >= 0.6 is 0 Å². The summed E-state index contributed by atoms with van der Waals surface area (Å²) in [5, 5.41) is 7.28. The number of nitrogens with zero attached hydrogens (tertiary/aromatic N) is 5. The van der Waals surface area contributed by atoms with Crippen molar-refractivity contribution in [2.75, 3.05) is 73.6 Å². The minimum absolute atomic E-state index is 0.00511. The number of amides is 1. The maximum absolute atomic E-state index is 12.8. The lowest BCUT2D eigenvalue weighted by atomic mass is 9.97. The maximum Gasteiger partial charge on any atom is 0.241 e. The van der Waals surface area contributed by atoms with Crippen molar-refractivity contribution in [3.63, 3.8) is 0 Å². The van der Waals surface area contributed by atoms with Crippen molar-refractivity contribution >= 4 is 5.91 Å². The third kappa shape index (κ3) is 6.25. The molecule has 0 bridgehead atoms. The second kappa shape index (κ2) is 11.6. The molecule has 0 spiro atoms. The van der Waals surface area contributed by atoms with Gasteiger partial charge in [0.1, 0.15) is 0 Å². The molecule has 4 rings (SSSR count). The normalized spacial score (nSPS) is 20.3. The lowest BCUT2D eigenvalue weighted by molar-refractivity contribution is -0.126. The van der Waals surface area contributed by atoms with Gasteiger partial charge in [-0.3, -0.25) is 14.6 Å². The molecule has 0 saturated carbocycles. The Labute approximate surface area is 201 Å². The Morgan fingerprint density at radius 2 is 1.91 bits per heavy atom. The molecule has 1 atom stereocenters. The minimum atomic E-state index is -0.00511. The van der Waals surface area contributed by atoms with Crippen LogP contribution in [0.15, 0.2) is 22.7 Å². The highest BCUT2D eigenvalue weighted by Gasteiger charge is 2.27. The summed E-state index contributed by atoms with van der Waals surface area (Å²) in [4.78, 5) is 24.3. The van der Waals surface area contributed by atoms with Crippen molar-refractivity contribution in [2.45, 2.75) is 19.4 Å². The van der Waals surface area contributed by atoms with E-state index >= 15 is 0 Å². The highest BCUT2D eigenvalue weighted by molar-refractivity contribution is 5.78. The van der Waals surface area contributed by atoms with E-state index in [1.807, 2.05) is 18.2 Å². The number of rotatable bonds is 9. The third-order valence-corrected chi connectivity index (χ3v) is 6.67. The monoisotopic (exact) mass is 472 g/mol. The fourth-order valence-electron chi connectivity index (χ4n) is 4.57. The highest BCUT2D eigenvalue weighted by Crippen LogP contribution is 2.31. The number of benzene rings is 1. The SMILES string of the molecule is COc1ccc(-c2noc(CN3CCCC(C(=O)NCCN4CCN(C)CC4)C3)n2)cc1OC. The molecule has 1 aromatic carbocycles. The fraction of sp³-hybridized carbons (Fsp3) is 0.625. The van der Waals surface area contributed by atoms with Gasteiger partial charge in [-0.25, -0.2) is 0 Å². The van der Waals surface area contributed by atoms with Crippen molar-refractivity contribution in [2.24, 2.45) is 5.92 Å². The first-order chi connectivity index (χ1) is 16.6. The van der Waals surface area contributed by atoms with Crippen LogP contribution in [0.1, 0.15) is 18.7 Å². The quantitative estimate of drug-likeness (QED) is 0.580. The number of aromatic nitrogens is 2. The fourth-order valence-corrected chi connectivity index (χ4v) is 4.57. The molecular formula is C24H36N6O4. The van der Waals surface area contributed by atoms with E-state index in [9.17, 15) is 4.79 Å². The summed E-state index contributed by atoms with van der Waals surface area (Å²) in [6.07, 6.45) is 1.89. The Hall–Kier alpha value is -2.69. The van der Waals surface area contributed by atoms with Gasteiger partial charge in [0.25, 0.3) is 0 Å². The zero-order valence-electron chi connectivity index (χ0n) is 20.5. The maximum atomic E-state index is 12.8. The van der Waals surface area contributed by atoms with Crippen molar-refractivity contribution in [1.29, 1.82) is 0 Å². The number of hydrogen-bond donors (Lipinski definition) is 1. The van der Waals surface area contributed by atoms with Gasteiger partial charge in [0.15, 0.2) is 11.5 Å². The molecule has 2 saturated heterocycles. The Morgan fingerprint density at radius 1 is 1.12 bits per heavy atom. The topological polar surface area (TPSA) is 96.2 Å². The van der Waals surface area contributed by atoms with E-state index in [0.717, 1.165) is 57.7 Å². The number of piperidine rings is 1. The molecule has 2 fully saturated rings. The Balaban J connectivity index is 1.26. The molecule has 3 heterocycles. The van der Waals surface area contributed by atoms with Crippen LogP contribution < -0.4 is 14.8 Å². The summed E-state index contributed by atoms with van der Waals surface area (Å²) in [6, 6.07) is 5.53. The average Bonchev–Trinajstić information content (AvgIpc) is 3.33. The Bertz CT molecular complexity index is 943. The van der Waals surface area contributed by atoms with Gasteiger partial charge >= 0.3 is 0 Å². The van der Waals surface area contributed by atoms with Crippen LogP contribution in [0.25, 0.3) is 11.4 Å². The second-order valence-electron chi connectivity index (χ2n) is 9.09. The molecule has 2 aromatic rings. The third-order valence-electron chi connectivity index (χ3n) is 6.67. The molecule has 186 valence electrons. The van der Waals surface area contributed by atoms with Gasteiger partial charge in [0, 0.05) is 51.4 Å². The minimum Gasteiger partial charge on any atom is -0.493 e. The number of hydrogen-bond acceptors (Lipinski definition) is 9. The van der Waals surface area contributed by atoms with E-state index in [4.69, 9.17) is 14.0 Å². The van der Waals surface area contributed by atoms with Crippen molar-refractivity contribution in [1.82, 2.24) is 30.2 Å². The second-order valence-corrected chi connectivity index (χ2v) is 9.09. The molecule has 34 heavy (non-hydrogen) atoms. The molecule has 0 radical (unpaired) electrons. The van der Waals surface area contributed by atoms with Gasteiger partial charge in [-0.15, -0.1) is 0 Å². The summed E-state index contributed by atoms with van der Waals surface area (Å²) in [7, 11) is 5.35. The lowest BCUT2D eigenvalue weighted by Crippen LogP contribution is -2.48. The van der Waals surface area contributed by atoms with E-state index in [-0.39, 0.29) is 11.8 Å². The smallest absolute Gasteiger partial charge is 0.241 e. The predicted molar refractivity (Wildman–Crippen MR) is 128 cm³/mol. The van der Waals surface area contributed by atoms with Gasteiger partial charge < -0.3 is 24.2 Å². The molecule has 2 aliphatic rings. The van der Waals surface area contributed by atoms with Crippen LogP contribution in [0.2, 0.25) is 0 Å². The van der Waals surface area contributed by atoms with Crippen LogP contribution in [-0.4, -0.2) is 104 Å². The first-order valence-corrected chi connectivity index (χ1v) is 12.0. The van der Waals surface area contributed by atoms with Gasteiger partial charge in [-0.05, 0) is 44.6 Å². The molecule has 2 aliphatic heterocycles. The van der Waals surface area contributed by atoms with Gasteiger partial charge in [-0.1, -0.05) is 5.16 Å². The van der Waals surface area contributed by atoms with Crippen LogP contribution in [0.5, 0.6) is 11.5 Å². The van der Waals surface area contributed by atoms with Crippen LogP contribution in [0.4, 0.5) is 0 Å². The molecule has 1 amide bonds. The highest BCUT2D eigenvalue weighted by atomic mass is 16.5. The van der Waals surface area contributed by atoms with Crippen LogP contribution in [0.3, 0.4) is 0 Å². The van der Waals surface area contributed by atoms with Crippen molar-refractivity contribution in [3.8, 4) is 22.9 Å². The van der Waals surface area contributed by atoms with Crippen LogP contribution in [-0.2, 0) is 11.3 Å². The predicted octanol–water partition coefficient (Wildman–Crippen LogP) is 1.33. The molecule has 1 N–H and O–H groups in total. The zero-order chi connectivity index (χ0) is 23.9. The molecule has 1 aromatic heterocycles. The van der Waals surface area contributed by atoms with E-state index in [0.29, 0.717) is 42.8 Å².